The summed E-state index contributed by atoms with van der Waals surface area (Å²) < 4.78 is 26.6. The largest absolute Gasteiger partial charge is 0.481 e. The van der Waals surface area contributed by atoms with Crippen LogP contribution in [-0.4, -0.2) is 35.8 Å². The van der Waals surface area contributed by atoms with Crippen LogP contribution in [0.15, 0.2) is 17.3 Å². The number of rotatable bonds is 6. The molecule has 17 heavy (non-hydrogen) atoms. The van der Waals surface area contributed by atoms with Crippen LogP contribution >= 0.6 is 0 Å². The second-order valence-corrected chi connectivity index (χ2v) is 4.88. The Hall–Kier alpha value is -1.85. The fourth-order valence-electron chi connectivity index (χ4n) is 1.04. The Bertz CT molecular complexity index is 541. The lowest BCUT2D eigenvalue weighted by atomic mass is 10.4. The normalized spacial score (nSPS) is 11.0. The summed E-state index contributed by atoms with van der Waals surface area (Å²) in [6.07, 6.45) is 7.20. The molecule has 1 aromatic rings. The Kier molecular flexibility index (Phi) is 4.25. The molecule has 0 amide bonds. The zero-order valence-corrected chi connectivity index (χ0v) is 9.64. The van der Waals surface area contributed by atoms with Crippen molar-refractivity contribution in [3.05, 3.63) is 12.4 Å². The Morgan fingerprint density at radius 1 is 1.65 bits per heavy atom. The minimum Gasteiger partial charge on any atom is -0.481 e. The SMILES string of the molecule is C#CCNS(=O)(=O)c1cnn(CCC(=O)O)c1. The molecule has 2 N–H and O–H groups in total. The predicted molar refractivity (Wildman–Crippen MR) is 58.5 cm³/mol. The van der Waals surface area contributed by atoms with E-state index in [0.29, 0.717) is 0 Å². The van der Waals surface area contributed by atoms with Crippen molar-refractivity contribution in [3.63, 3.8) is 0 Å². The molecule has 0 spiro atoms. The number of hydrogen-bond acceptors (Lipinski definition) is 4. The molecule has 0 bridgehead atoms. The molecule has 0 aliphatic heterocycles. The first-order chi connectivity index (χ1) is 7.95. The monoisotopic (exact) mass is 257 g/mol. The van der Waals surface area contributed by atoms with E-state index in [-0.39, 0.29) is 24.4 Å². The van der Waals surface area contributed by atoms with E-state index >= 15 is 0 Å². The van der Waals surface area contributed by atoms with Crippen molar-refractivity contribution in [2.75, 3.05) is 6.54 Å². The van der Waals surface area contributed by atoms with E-state index in [2.05, 4.69) is 15.7 Å². The fourth-order valence-corrected chi connectivity index (χ4v) is 1.92. The van der Waals surface area contributed by atoms with Crippen LogP contribution < -0.4 is 4.72 Å². The molecule has 0 unspecified atom stereocenters. The lowest BCUT2D eigenvalue weighted by molar-refractivity contribution is -0.137. The van der Waals surface area contributed by atoms with Gasteiger partial charge in [0.25, 0.3) is 0 Å². The van der Waals surface area contributed by atoms with Gasteiger partial charge in [-0.25, -0.2) is 8.42 Å². The minimum absolute atomic E-state index is 0.0434. The Balaban J connectivity index is 2.74. The van der Waals surface area contributed by atoms with Crippen LogP contribution in [0.2, 0.25) is 0 Å². The first-order valence-electron chi connectivity index (χ1n) is 4.63. The van der Waals surface area contributed by atoms with Gasteiger partial charge in [0.15, 0.2) is 0 Å². The minimum atomic E-state index is -3.66. The van der Waals surface area contributed by atoms with Crippen molar-refractivity contribution in [1.82, 2.24) is 14.5 Å². The number of aliphatic carboxylic acids is 1. The molecule has 0 saturated heterocycles. The third-order valence-corrected chi connectivity index (χ3v) is 3.19. The van der Waals surface area contributed by atoms with Crippen LogP contribution in [0.4, 0.5) is 0 Å². The average molecular weight is 257 g/mol. The topological polar surface area (TPSA) is 101 Å². The third kappa shape index (κ3) is 3.90. The molecule has 0 aliphatic carbocycles. The highest BCUT2D eigenvalue weighted by Crippen LogP contribution is 2.06. The molecule has 1 heterocycles. The molecule has 7 nitrogen and oxygen atoms in total. The number of carbonyl (C=O) groups is 1. The van der Waals surface area contributed by atoms with Gasteiger partial charge in [0.05, 0.1) is 25.7 Å². The van der Waals surface area contributed by atoms with E-state index in [9.17, 15) is 13.2 Å². The van der Waals surface area contributed by atoms with Gasteiger partial charge in [-0.2, -0.15) is 9.82 Å². The number of terminal acetylenes is 1. The van der Waals surface area contributed by atoms with Crippen molar-refractivity contribution >= 4 is 16.0 Å². The van der Waals surface area contributed by atoms with Gasteiger partial charge in [-0.15, -0.1) is 6.42 Å². The molecular formula is C9H11N3O4S. The molecular weight excluding hydrogens is 246 g/mol. The number of carboxylic acids is 1. The summed E-state index contributed by atoms with van der Waals surface area (Å²) in [4.78, 5) is 10.3. The van der Waals surface area contributed by atoms with Crippen LogP contribution in [-0.2, 0) is 21.4 Å². The molecule has 1 aromatic heterocycles. The second-order valence-electron chi connectivity index (χ2n) is 3.11. The number of nitrogens with zero attached hydrogens (tertiary/aromatic N) is 2. The van der Waals surface area contributed by atoms with E-state index < -0.39 is 16.0 Å². The quantitative estimate of drug-likeness (QED) is 0.654. The summed E-state index contributed by atoms with van der Waals surface area (Å²) in [6, 6.07) is 0. The maximum Gasteiger partial charge on any atom is 0.305 e. The highest BCUT2D eigenvalue weighted by Gasteiger charge is 2.15. The standard InChI is InChI=1S/C9H11N3O4S/c1-2-4-11-17(15,16)8-6-10-12(7-8)5-3-9(13)14/h1,6-7,11H,3-5H2,(H,13,14). The van der Waals surface area contributed by atoms with Crippen molar-refractivity contribution in [2.45, 2.75) is 17.9 Å². The summed E-state index contributed by atoms with van der Waals surface area (Å²) in [6.45, 7) is 0.00261. The molecule has 8 heteroatoms. The van der Waals surface area contributed by atoms with E-state index in [4.69, 9.17) is 11.5 Å². The van der Waals surface area contributed by atoms with Crippen molar-refractivity contribution < 1.29 is 18.3 Å². The average Bonchev–Trinajstić information content (AvgIpc) is 2.73. The Labute approximate surface area is 98.5 Å². The van der Waals surface area contributed by atoms with Gasteiger partial charge in [0.2, 0.25) is 10.0 Å². The van der Waals surface area contributed by atoms with Gasteiger partial charge in [0.1, 0.15) is 4.90 Å². The van der Waals surface area contributed by atoms with Gasteiger partial charge >= 0.3 is 5.97 Å². The first kappa shape index (κ1) is 13.2. The zero-order chi connectivity index (χ0) is 12.9. The molecule has 0 radical (unpaired) electrons. The molecule has 0 atom stereocenters. The van der Waals surface area contributed by atoms with Gasteiger partial charge in [-0.3, -0.25) is 9.48 Å². The van der Waals surface area contributed by atoms with E-state index in [1.165, 1.54) is 10.9 Å². The van der Waals surface area contributed by atoms with Crippen LogP contribution in [0, 0.1) is 12.3 Å². The summed E-state index contributed by atoms with van der Waals surface area (Å²) in [7, 11) is -3.66. The molecule has 0 fully saturated rings. The van der Waals surface area contributed by atoms with Gasteiger partial charge in [-0.05, 0) is 0 Å². The van der Waals surface area contributed by atoms with Crippen LogP contribution in [0.5, 0.6) is 0 Å². The number of aromatic nitrogens is 2. The van der Waals surface area contributed by atoms with Crippen molar-refractivity contribution in [3.8, 4) is 12.3 Å². The Morgan fingerprint density at radius 3 is 2.94 bits per heavy atom. The maximum atomic E-state index is 11.6. The number of carboxylic acid groups (broad SMARTS) is 1. The van der Waals surface area contributed by atoms with Gasteiger partial charge in [-0.1, -0.05) is 5.92 Å². The predicted octanol–water partition coefficient (Wildman–Crippen LogP) is -0.731. The summed E-state index contributed by atoms with van der Waals surface area (Å²) in [5.41, 5.74) is 0. The summed E-state index contributed by atoms with van der Waals surface area (Å²) in [5.74, 6) is 1.17. The second kappa shape index (κ2) is 5.47. The lowest BCUT2D eigenvalue weighted by Gasteiger charge is -1.99. The molecule has 1 rings (SSSR count). The highest BCUT2D eigenvalue weighted by molar-refractivity contribution is 7.89. The van der Waals surface area contributed by atoms with E-state index in [1.807, 2.05) is 0 Å². The fraction of sp³-hybridized carbons (Fsp3) is 0.333. The smallest absolute Gasteiger partial charge is 0.305 e. The van der Waals surface area contributed by atoms with E-state index in [0.717, 1.165) is 6.20 Å². The van der Waals surface area contributed by atoms with Crippen molar-refractivity contribution in [2.24, 2.45) is 0 Å². The lowest BCUT2D eigenvalue weighted by Crippen LogP contribution is -2.23. The maximum absolute atomic E-state index is 11.6. The van der Waals surface area contributed by atoms with Crippen LogP contribution in [0.3, 0.4) is 0 Å². The molecule has 0 aromatic carbocycles. The molecule has 92 valence electrons. The van der Waals surface area contributed by atoms with Crippen LogP contribution in [0.1, 0.15) is 6.42 Å². The number of hydrogen-bond donors (Lipinski definition) is 2. The van der Waals surface area contributed by atoms with Crippen LogP contribution in [0.25, 0.3) is 0 Å². The number of nitrogens with one attached hydrogen (secondary N) is 1. The third-order valence-electron chi connectivity index (χ3n) is 1.84. The first-order valence-corrected chi connectivity index (χ1v) is 6.11. The number of aryl methyl sites for hydroxylation is 1. The Morgan fingerprint density at radius 2 is 2.35 bits per heavy atom. The van der Waals surface area contributed by atoms with Gasteiger partial charge < -0.3 is 5.11 Å². The van der Waals surface area contributed by atoms with E-state index in [1.54, 1.807) is 0 Å². The van der Waals surface area contributed by atoms with Gasteiger partial charge in [0, 0.05) is 6.20 Å². The van der Waals surface area contributed by atoms with Crippen molar-refractivity contribution in [1.29, 1.82) is 0 Å². The summed E-state index contributed by atoms with van der Waals surface area (Å²) >= 11 is 0. The highest BCUT2D eigenvalue weighted by atomic mass is 32.2. The molecule has 0 saturated carbocycles. The zero-order valence-electron chi connectivity index (χ0n) is 8.83. The molecule has 0 aliphatic rings. The summed E-state index contributed by atoms with van der Waals surface area (Å²) in [5, 5.41) is 12.2. The number of sulfonamides is 1.